The first-order valence-electron chi connectivity index (χ1n) is 18.4. The average molecular weight is 756 g/mol. The largest absolute Gasteiger partial charge is 0.504 e. The van der Waals surface area contributed by atoms with Crippen LogP contribution < -0.4 is 0 Å². The molecule has 0 aromatic heterocycles. The molecule has 4 aliphatic heterocycles. The van der Waals surface area contributed by atoms with Gasteiger partial charge in [-0.3, -0.25) is 9.59 Å². The minimum absolute atomic E-state index is 0.0128. The van der Waals surface area contributed by atoms with Crippen molar-refractivity contribution in [2.45, 2.75) is 162 Å². The van der Waals surface area contributed by atoms with Crippen LogP contribution in [0.4, 0.5) is 0 Å². The van der Waals surface area contributed by atoms with Gasteiger partial charge in [0, 0.05) is 29.2 Å². The molecule has 49 heavy (non-hydrogen) atoms. The molecule has 0 aliphatic carbocycles. The standard InChI is InChI=1S/C38H59BrO10/c1-10-25(35-21(6)17-38(12-3,49-35)29-13-14-37(45,11-2)24(9)46-29)32(42)22(7)31(41)23(8)34-20(5)15-19(4)27(47-34)16-26(40)30-33(43)28(18-39)48-36(30)44/h18-25,27,29,31,34-35,41,43,45H,10-17H2,1-9H3/b28-18-/t19-,20-,21+,22-,23-,24+,25+,27-,29-,31+,34+,35+,37-,38+/m1/s1. The summed E-state index contributed by atoms with van der Waals surface area (Å²) in [6, 6.07) is 0. The Hall–Kier alpha value is -1.63. The SMILES string of the molecule is CC[C@@H](C(=O)[C@H](C)[C@H](O)[C@@H](C)[C@H]1O[C@H](CC(=O)C2=C(O)/C(=C/Br)OC2=O)[C@H](C)C[C@H]1C)[C@H]1O[C@](CC)([C@H]2CC[C@](O)(CC)[C@H](C)O2)C[C@@H]1C. The Morgan fingerprint density at radius 3 is 2.24 bits per heavy atom. The van der Waals surface area contributed by atoms with E-state index in [1.807, 2.05) is 41.5 Å². The van der Waals surface area contributed by atoms with E-state index in [4.69, 9.17) is 18.9 Å². The van der Waals surface area contributed by atoms with Gasteiger partial charge in [0.05, 0.1) is 47.8 Å². The van der Waals surface area contributed by atoms with E-state index in [0.717, 1.165) is 19.3 Å². The molecule has 14 atom stereocenters. The number of ether oxygens (including phenoxy) is 4. The van der Waals surface area contributed by atoms with Gasteiger partial charge in [0.1, 0.15) is 11.4 Å². The summed E-state index contributed by atoms with van der Waals surface area (Å²) in [7, 11) is 0. The fourth-order valence-corrected chi connectivity index (χ4v) is 9.43. The number of carbonyl (C=O) groups excluding carboxylic acids is 3. The van der Waals surface area contributed by atoms with Gasteiger partial charge in [0.15, 0.2) is 17.3 Å². The molecule has 0 radical (unpaired) electrons. The van der Waals surface area contributed by atoms with Crippen LogP contribution >= 0.6 is 15.9 Å². The van der Waals surface area contributed by atoms with Crippen molar-refractivity contribution in [3.63, 3.8) is 0 Å². The van der Waals surface area contributed by atoms with Crippen LogP contribution in [0.2, 0.25) is 0 Å². The Bertz CT molecular complexity index is 1300. The van der Waals surface area contributed by atoms with Crippen LogP contribution in [0.15, 0.2) is 22.1 Å². The summed E-state index contributed by atoms with van der Waals surface area (Å²) in [5.74, 6) is -3.48. The zero-order valence-electron chi connectivity index (χ0n) is 30.7. The smallest absolute Gasteiger partial charge is 0.351 e. The Morgan fingerprint density at radius 1 is 1.02 bits per heavy atom. The Balaban J connectivity index is 1.44. The maximum atomic E-state index is 14.2. The van der Waals surface area contributed by atoms with Crippen LogP contribution in [0.1, 0.15) is 114 Å². The average Bonchev–Trinajstić information content (AvgIpc) is 3.57. The van der Waals surface area contributed by atoms with Crippen LogP contribution in [0, 0.1) is 35.5 Å². The molecule has 11 heteroatoms. The first-order chi connectivity index (χ1) is 23.0. The van der Waals surface area contributed by atoms with Gasteiger partial charge in [-0.1, -0.05) is 71.3 Å². The molecule has 4 aliphatic rings. The zero-order chi connectivity index (χ0) is 36.6. The molecule has 3 fully saturated rings. The summed E-state index contributed by atoms with van der Waals surface area (Å²) in [6.45, 7) is 17.8. The molecule has 3 saturated heterocycles. The zero-order valence-corrected chi connectivity index (χ0v) is 32.3. The Morgan fingerprint density at radius 2 is 1.69 bits per heavy atom. The third-order valence-electron chi connectivity index (χ3n) is 12.5. The van der Waals surface area contributed by atoms with Gasteiger partial charge < -0.3 is 34.3 Å². The van der Waals surface area contributed by atoms with Crippen molar-refractivity contribution in [3.8, 4) is 0 Å². The number of hydrogen-bond acceptors (Lipinski definition) is 10. The topological polar surface area (TPSA) is 149 Å². The second kappa shape index (κ2) is 15.9. The lowest BCUT2D eigenvalue weighted by atomic mass is 9.74. The highest BCUT2D eigenvalue weighted by atomic mass is 79.9. The Kier molecular flexibility index (Phi) is 13.1. The highest BCUT2D eigenvalue weighted by Crippen LogP contribution is 2.49. The van der Waals surface area contributed by atoms with Gasteiger partial charge in [-0.25, -0.2) is 4.79 Å². The van der Waals surface area contributed by atoms with E-state index >= 15 is 0 Å². The molecule has 0 bridgehead atoms. The predicted octanol–water partition coefficient (Wildman–Crippen LogP) is 6.49. The monoisotopic (exact) mass is 754 g/mol. The molecule has 0 spiro atoms. The molecule has 0 aromatic carbocycles. The molecule has 0 amide bonds. The molecule has 10 nitrogen and oxygen atoms in total. The third-order valence-corrected chi connectivity index (χ3v) is 12.9. The van der Waals surface area contributed by atoms with Gasteiger partial charge >= 0.3 is 5.97 Å². The predicted molar refractivity (Wildman–Crippen MR) is 188 cm³/mol. The van der Waals surface area contributed by atoms with Gasteiger partial charge in [-0.15, -0.1) is 0 Å². The molecular formula is C38H59BrO10. The van der Waals surface area contributed by atoms with Crippen molar-refractivity contribution in [1.29, 1.82) is 0 Å². The van der Waals surface area contributed by atoms with Crippen molar-refractivity contribution in [1.82, 2.24) is 0 Å². The van der Waals surface area contributed by atoms with Crippen LogP contribution in [0.25, 0.3) is 0 Å². The van der Waals surface area contributed by atoms with E-state index in [9.17, 15) is 29.7 Å². The van der Waals surface area contributed by atoms with Crippen molar-refractivity contribution in [2.24, 2.45) is 35.5 Å². The summed E-state index contributed by atoms with van der Waals surface area (Å²) in [4.78, 5) is 40.9. The van der Waals surface area contributed by atoms with Crippen molar-refractivity contribution >= 4 is 33.5 Å². The second-order valence-electron chi connectivity index (χ2n) is 15.5. The Labute approximate surface area is 300 Å². The van der Waals surface area contributed by atoms with Crippen LogP contribution in [-0.4, -0.2) is 80.7 Å². The molecular weight excluding hydrogens is 696 g/mol. The van der Waals surface area contributed by atoms with Crippen LogP contribution in [-0.2, 0) is 33.3 Å². The number of halogens is 1. The lowest BCUT2D eigenvalue weighted by molar-refractivity contribution is -0.229. The number of carbonyl (C=O) groups is 3. The minimum Gasteiger partial charge on any atom is -0.504 e. The maximum Gasteiger partial charge on any atom is 0.351 e. The number of ketones is 2. The molecule has 0 unspecified atom stereocenters. The highest BCUT2D eigenvalue weighted by molar-refractivity contribution is 9.11. The normalized spacial score (nSPS) is 40.2. The molecule has 0 aromatic rings. The number of aliphatic hydroxyl groups excluding tert-OH is 2. The first kappa shape index (κ1) is 40.1. The summed E-state index contributed by atoms with van der Waals surface area (Å²) in [5, 5.41) is 33.0. The number of hydrogen-bond donors (Lipinski definition) is 3. The fourth-order valence-electron chi connectivity index (χ4n) is 9.12. The van der Waals surface area contributed by atoms with Gasteiger partial charge in [0.2, 0.25) is 0 Å². The fraction of sp³-hybridized carbons (Fsp3) is 0.816. The van der Waals surface area contributed by atoms with Gasteiger partial charge in [-0.05, 0) is 69.6 Å². The van der Waals surface area contributed by atoms with Crippen LogP contribution in [0.3, 0.4) is 0 Å². The molecule has 4 heterocycles. The summed E-state index contributed by atoms with van der Waals surface area (Å²) in [6.07, 6.45) is 1.88. The molecule has 3 N–H and O–H groups in total. The lowest BCUT2D eigenvalue weighted by Crippen LogP contribution is -2.55. The van der Waals surface area contributed by atoms with E-state index in [0.29, 0.717) is 25.7 Å². The number of esters is 1. The van der Waals surface area contributed by atoms with E-state index < -0.39 is 70.4 Å². The number of aliphatic hydroxyl groups is 3. The van der Waals surface area contributed by atoms with Crippen LogP contribution in [0.5, 0.6) is 0 Å². The van der Waals surface area contributed by atoms with E-state index in [-0.39, 0.29) is 54.0 Å². The molecule has 0 saturated carbocycles. The lowest BCUT2D eigenvalue weighted by Gasteiger charge is -2.47. The van der Waals surface area contributed by atoms with Crippen molar-refractivity contribution in [3.05, 3.63) is 22.1 Å². The number of rotatable bonds is 13. The quantitative estimate of drug-likeness (QED) is 0.141. The first-order valence-corrected chi connectivity index (χ1v) is 19.3. The minimum atomic E-state index is -0.996. The van der Waals surface area contributed by atoms with Crippen molar-refractivity contribution < 1.29 is 48.7 Å². The van der Waals surface area contributed by atoms with E-state index in [2.05, 4.69) is 29.8 Å². The molecule has 4 rings (SSSR count). The van der Waals surface area contributed by atoms with Crippen molar-refractivity contribution in [2.75, 3.05) is 0 Å². The molecule has 278 valence electrons. The summed E-state index contributed by atoms with van der Waals surface area (Å²) in [5.41, 5.74) is -1.78. The third kappa shape index (κ3) is 7.77. The number of Topliss-reactive ketones (excluding diaryl/α,β-unsaturated/α-hetero) is 2. The van der Waals surface area contributed by atoms with E-state index in [1.165, 1.54) is 4.99 Å². The van der Waals surface area contributed by atoms with Gasteiger partial charge in [-0.2, -0.15) is 0 Å². The summed E-state index contributed by atoms with van der Waals surface area (Å²) >= 11 is 3.03. The number of cyclic esters (lactones) is 1. The maximum absolute atomic E-state index is 14.2. The summed E-state index contributed by atoms with van der Waals surface area (Å²) < 4.78 is 24.8. The highest BCUT2D eigenvalue weighted by Gasteiger charge is 2.55. The van der Waals surface area contributed by atoms with Gasteiger partial charge in [0.25, 0.3) is 0 Å². The second-order valence-corrected chi connectivity index (χ2v) is 16.0. The van der Waals surface area contributed by atoms with E-state index in [1.54, 1.807) is 6.92 Å².